The van der Waals surface area contributed by atoms with Gasteiger partial charge in [-0.3, -0.25) is 15.1 Å². The summed E-state index contributed by atoms with van der Waals surface area (Å²) in [5.74, 6) is 0.296. The van der Waals surface area contributed by atoms with Crippen molar-refractivity contribution < 1.29 is 9.90 Å². The van der Waals surface area contributed by atoms with Gasteiger partial charge in [-0.1, -0.05) is 37.8 Å². The van der Waals surface area contributed by atoms with Crippen molar-refractivity contribution in [3.8, 4) is 0 Å². The maximum Gasteiger partial charge on any atom is 0.320 e. The highest BCUT2D eigenvalue weighted by Crippen LogP contribution is 2.21. The molecular weight excluding hydrogens is 376 g/mol. The lowest BCUT2D eigenvalue weighted by Crippen LogP contribution is -2.38. The fraction of sp³-hybridized carbons (Fsp3) is 0.542. The third-order valence-electron chi connectivity index (χ3n) is 5.81. The predicted octanol–water partition coefficient (Wildman–Crippen LogP) is 4.52. The number of nitrogens with zero attached hydrogens (tertiary/aromatic N) is 2. The maximum atomic E-state index is 11.6. The molecule has 0 spiro atoms. The highest BCUT2D eigenvalue weighted by Gasteiger charge is 2.19. The third-order valence-corrected chi connectivity index (χ3v) is 5.81. The molecule has 1 aliphatic heterocycles. The highest BCUT2D eigenvalue weighted by molar-refractivity contribution is 5.73. The zero-order valence-corrected chi connectivity index (χ0v) is 17.9. The summed E-state index contributed by atoms with van der Waals surface area (Å²) in [7, 11) is 0. The van der Waals surface area contributed by atoms with Crippen LogP contribution in [0, 0.1) is 0 Å². The van der Waals surface area contributed by atoms with E-state index in [-0.39, 0.29) is 6.04 Å². The molecule has 0 aliphatic carbocycles. The van der Waals surface area contributed by atoms with Crippen LogP contribution in [0.15, 0.2) is 36.7 Å². The van der Waals surface area contributed by atoms with E-state index in [1.165, 1.54) is 17.7 Å². The molecule has 0 unspecified atom stereocenters. The van der Waals surface area contributed by atoms with Gasteiger partial charge in [0.05, 0.1) is 0 Å². The van der Waals surface area contributed by atoms with Gasteiger partial charge in [0.15, 0.2) is 0 Å². The average molecular weight is 411 g/mol. The molecule has 3 heterocycles. The van der Waals surface area contributed by atoms with Crippen molar-refractivity contribution in [3.63, 3.8) is 0 Å². The SMILES string of the molecule is C[C@H](N[C@@H](CCCCCCCc1ccc2c(n1)NCCC2)C(=O)O)c1cccnc1. The Balaban J connectivity index is 1.31. The summed E-state index contributed by atoms with van der Waals surface area (Å²) in [6.07, 6.45) is 12.9. The Hall–Kier alpha value is -2.47. The molecule has 6 heteroatoms. The van der Waals surface area contributed by atoms with Crippen LogP contribution in [0.4, 0.5) is 5.82 Å². The second-order valence-corrected chi connectivity index (χ2v) is 8.21. The smallest absolute Gasteiger partial charge is 0.320 e. The predicted molar refractivity (Wildman–Crippen MR) is 120 cm³/mol. The minimum Gasteiger partial charge on any atom is -0.480 e. The number of pyridine rings is 2. The molecule has 162 valence electrons. The molecular formula is C24H34N4O2. The molecule has 0 saturated heterocycles. The fourth-order valence-corrected chi connectivity index (χ4v) is 4.00. The molecule has 0 saturated carbocycles. The fourth-order valence-electron chi connectivity index (χ4n) is 4.00. The first-order valence-electron chi connectivity index (χ1n) is 11.2. The molecule has 6 nitrogen and oxygen atoms in total. The van der Waals surface area contributed by atoms with Crippen molar-refractivity contribution in [1.29, 1.82) is 0 Å². The number of aromatic nitrogens is 2. The highest BCUT2D eigenvalue weighted by atomic mass is 16.4. The summed E-state index contributed by atoms with van der Waals surface area (Å²) < 4.78 is 0. The Morgan fingerprint density at radius 2 is 2.03 bits per heavy atom. The minimum absolute atomic E-state index is 0.0293. The van der Waals surface area contributed by atoms with Crippen LogP contribution in [0.25, 0.3) is 0 Å². The van der Waals surface area contributed by atoms with Crippen molar-refractivity contribution in [1.82, 2.24) is 15.3 Å². The molecule has 0 fully saturated rings. The number of carboxylic acid groups (broad SMARTS) is 1. The number of rotatable bonds is 12. The van der Waals surface area contributed by atoms with Crippen LogP contribution in [0.1, 0.15) is 74.7 Å². The second-order valence-electron chi connectivity index (χ2n) is 8.21. The van der Waals surface area contributed by atoms with Gasteiger partial charge in [0.1, 0.15) is 11.9 Å². The minimum atomic E-state index is -0.780. The first-order valence-corrected chi connectivity index (χ1v) is 11.2. The molecule has 2 aromatic heterocycles. The summed E-state index contributed by atoms with van der Waals surface area (Å²) in [6.45, 7) is 3.01. The number of nitrogens with one attached hydrogen (secondary N) is 2. The van der Waals surface area contributed by atoms with E-state index in [4.69, 9.17) is 4.98 Å². The zero-order valence-electron chi connectivity index (χ0n) is 17.9. The van der Waals surface area contributed by atoms with E-state index in [1.807, 2.05) is 19.1 Å². The Morgan fingerprint density at radius 1 is 1.20 bits per heavy atom. The molecule has 1 aliphatic rings. The van der Waals surface area contributed by atoms with E-state index in [9.17, 15) is 9.90 Å². The number of fused-ring (bicyclic) bond motifs is 1. The number of carboxylic acids is 1. The monoisotopic (exact) mass is 410 g/mol. The van der Waals surface area contributed by atoms with Crippen molar-refractivity contribution in [2.75, 3.05) is 11.9 Å². The largest absolute Gasteiger partial charge is 0.480 e. The number of hydrogen-bond acceptors (Lipinski definition) is 5. The van der Waals surface area contributed by atoms with Gasteiger partial charge < -0.3 is 10.4 Å². The quantitative estimate of drug-likeness (QED) is 0.446. The van der Waals surface area contributed by atoms with Crippen LogP contribution in [0.5, 0.6) is 0 Å². The number of anilines is 1. The molecule has 2 aromatic rings. The number of unbranched alkanes of at least 4 members (excludes halogenated alkanes) is 4. The average Bonchev–Trinajstić information content (AvgIpc) is 2.77. The van der Waals surface area contributed by atoms with Crippen LogP contribution < -0.4 is 10.6 Å². The van der Waals surface area contributed by atoms with Gasteiger partial charge in [0.25, 0.3) is 0 Å². The molecule has 3 N–H and O–H groups in total. The topological polar surface area (TPSA) is 87.1 Å². The van der Waals surface area contributed by atoms with Crippen molar-refractivity contribution in [2.24, 2.45) is 0 Å². The van der Waals surface area contributed by atoms with E-state index in [0.29, 0.717) is 6.42 Å². The first kappa shape index (κ1) is 22.2. The van der Waals surface area contributed by atoms with Gasteiger partial charge in [0, 0.05) is 30.7 Å². The van der Waals surface area contributed by atoms with Crippen LogP contribution in [-0.2, 0) is 17.6 Å². The van der Waals surface area contributed by atoms with Gasteiger partial charge in [0.2, 0.25) is 0 Å². The number of carbonyl (C=O) groups is 1. The molecule has 0 aromatic carbocycles. The Labute approximate surface area is 179 Å². The Kier molecular flexibility index (Phi) is 8.63. The van der Waals surface area contributed by atoms with Crippen molar-refractivity contribution >= 4 is 11.8 Å². The van der Waals surface area contributed by atoms with Crippen molar-refractivity contribution in [2.45, 2.75) is 76.8 Å². The lowest BCUT2D eigenvalue weighted by Gasteiger charge is -2.20. The van der Waals surface area contributed by atoms with Gasteiger partial charge in [-0.05, 0) is 62.3 Å². The van der Waals surface area contributed by atoms with Gasteiger partial charge >= 0.3 is 5.97 Å². The van der Waals surface area contributed by atoms with Gasteiger partial charge in [-0.25, -0.2) is 4.98 Å². The Morgan fingerprint density at radius 3 is 2.83 bits per heavy atom. The summed E-state index contributed by atoms with van der Waals surface area (Å²) in [4.78, 5) is 20.5. The maximum absolute atomic E-state index is 11.6. The summed E-state index contributed by atoms with van der Waals surface area (Å²) in [6, 6.07) is 7.68. The molecule has 3 rings (SSSR count). The van der Waals surface area contributed by atoms with Gasteiger partial charge in [-0.15, -0.1) is 0 Å². The van der Waals surface area contributed by atoms with Crippen molar-refractivity contribution in [3.05, 3.63) is 53.5 Å². The lowest BCUT2D eigenvalue weighted by atomic mass is 10.0. The molecule has 2 atom stereocenters. The van der Waals surface area contributed by atoms with Crippen LogP contribution in [0.2, 0.25) is 0 Å². The summed E-state index contributed by atoms with van der Waals surface area (Å²) in [5.41, 5.74) is 3.52. The summed E-state index contributed by atoms with van der Waals surface area (Å²) in [5, 5.41) is 16.2. The summed E-state index contributed by atoms with van der Waals surface area (Å²) >= 11 is 0. The van der Waals surface area contributed by atoms with Crippen LogP contribution in [-0.4, -0.2) is 33.6 Å². The van der Waals surface area contributed by atoms with E-state index in [2.05, 4.69) is 27.8 Å². The number of aryl methyl sites for hydroxylation is 2. The normalized spacial score (nSPS) is 15.1. The van der Waals surface area contributed by atoms with Gasteiger partial charge in [-0.2, -0.15) is 0 Å². The molecule has 0 radical (unpaired) electrons. The number of hydrogen-bond donors (Lipinski definition) is 3. The van der Waals surface area contributed by atoms with E-state index in [0.717, 1.165) is 62.9 Å². The molecule has 0 bridgehead atoms. The van der Waals surface area contributed by atoms with E-state index < -0.39 is 12.0 Å². The lowest BCUT2D eigenvalue weighted by molar-refractivity contribution is -0.139. The molecule has 0 amide bonds. The number of aliphatic carboxylic acids is 1. The third kappa shape index (κ3) is 6.80. The Bertz CT molecular complexity index is 797. The first-order chi connectivity index (χ1) is 14.6. The molecule has 30 heavy (non-hydrogen) atoms. The van der Waals surface area contributed by atoms with Crippen LogP contribution >= 0.6 is 0 Å². The van der Waals surface area contributed by atoms with E-state index >= 15 is 0 Å². The standard InChI is InChI=1S/C24H34N4O2/c1-18(20-10-7-15-25-17-20)27-22(24(29)30)12-6-4-2-3-5-11-21-14-13-19-9-8-16-26-23(19)28-21/h7,10,13-15,17-18,22,27H,2-6,8-9,11-12,16H2,1H3,(H,26,28)(H,29,30)/t18-,22-/m0/s1. The zero-order chi connectivity index (χ0) is 21.2. The van der Waals surface area contributed by atoms with E-state index in [1.54, 1.807) is 12.4 Å². The second kappa shape index (κ2) is 11.6. The van der Waals surface area contributed by atoms with Crippen LogP contribution in [0.3, 0.4) is 0 Å².